The molecule has 0 bridgehead atoms. The average Bonchev–Trinajstić information content (AvgIpc) is 2.33. The van der Waals surface area contributed by atoms with Crippen molar-refractivity contribution in [3.05, 3.63) is 29.3 Å². The summed E-state index contributed by atoms with van der Waals surface area (Å²) in [6, 6.07) is 5.54. The smallest absolute Gasteiger partial charge is 0.253 e. The van der Waals surface area contributed by atoms with Gasteiger partial charge >= 0.3 is 0 Å². The summed E-state index contributed by atoms with van der Waals surface area (Å²) in [6.45, 7) is 3.57. The molecule has 18 heavy (non-hydrogen) atoms. The van der Waals surface area contributed by atoms with Crippen molar-refractivity contribution >= 4 is 11.6 Å². The normalized spacial score (nSPS) is 10.5. The van der Waals surface area contributed by atoms with Crippen LogP contribution >= 0.6 is 0 Å². The molecule has 0 unspecified atom stereocenters. The van der Waals surface area contributed by atoms with Gasteiger partial charge in [-0.25, -0.2) is 0 Å². The van der Waals surface area contributed by atoms with E-state index < -0.39 is 0 Å². The lowest BCUT2D eigenvalue weighted by molar-refractivity contribution is 0.0953. The minimum absolute atomic E-state index is 0.0956. The standard InChI is InChI=1S/C13H22N4O/c1-10-5-6-11(12(9-10)16-14)13(18)15-7-4-8-17(2)3/h5-6,9,16H,4,7-8,14H2,1-3H3,(H,15,18). The van der Waals surface area contributed by atoms with Gasteiger partial charge in [-0.1, -0.05) is 6.07 Å². The summed E-state index contributed by atoms with van der Waals surface area (Å²) >= 11 is 0. The van der Waals surface area contributed by atoms with Crippen molar-refractivity contribution in [3.8, 4) is 0 Å². The lowest BCUT2D eigenvalue weighted by Crippen LogP contribution is -2.28. The predicted octanol–water partition coefficient (Wildman–Crippen LogP) is 0.962. The number of nitrogens with one attached hydrogen (secondary N) is 2. The second-order valence-corrected chi connectivity index (χ2v) is 4.61. The van der Waals surface area contributed by atoms with E-state index in [4.69, 9.17) is 5.84 Å². The van der Waals surface area contributed by atoms with Crippen molar-refractivity contribution in [1.29, 1.82) is 0 Å². The fourth-order valence-corrected chi connectivity index (χ4v) is 1.67. The second kappa shape index (κ2) is 6.98. The van der Waals surface area contributed by atoms with E-state index in [1.54, 1.807) is 6.07 Å². The number of hydrogen-bond donors (Lipinski definition) is 3. The molecule has 100 valence electrons. The minimum Gasteiger partial charge on any atom is -0.352 e. The molecule has 0 saturated carbocycles. The van der Waals surface area contributed by atoms with Crippen LogP contribution in [0.25, 0.3) is 0 Å². The molecule has 0 aromatic heterocycles. The third kappa shape index (κ3) is 4.35. The minimum atomic E-state index is -0.0956. The molecule has 5 nitrogen and oxygen atoms in total. The van der Waals surface area contributed by atoms with Gasteiger partial charge in [-0.2, -0.15) is 0 Å². The van der Waals surface area contributed by atoms with Crippen molar-refractivity contribution in [1.82, 2.24) is 10.2 Å². The zero-order valence-electron chi connectivity index (χ0n) is 11.3. The molecule has 0 saturated heterocycles. The van der Waals surface area contributed by atoms with Crippen molar-refractivity contribution in [2.75, 3.05) is 32.6 Å². The molecule has 0 atom stereocenters. The maximum atomic E-state index is 12.0. The van der Waals surface area contributed by atoms with E-state index in [9.17, 15) is 4.79 Å². The number of nitrogens with zero attached hydrogens (tertiary/aromatic N) is 1. The number of hydrogen-bond acceptors (Lipinski definition) is 4. The van der Waals surface area contributed by atoms with Gasteiger partial charge in [0.05, 0.1) is 11.3 Å². The van der Waals surface area contributed by atoms with Gasteiger partial charge in [-0.05, 0) is 51.7 Å². The highest BCUT2D eigenvalue weighted by Gasteiger charge is 2.10. The number of anilines is 1. The number of nitrogen functional groups attached to an aromatic ring is 1. The number of nitrogens with two attached hydrogens (primary N) is 1. The van der Waals surface area contributed by atoms with Gasteiger partial charge in [0.15, 0.2) is 0 Å². The number of carbonyl (C=O) groups is 1. The lowest BCUT2D eigenvalue weighted by Gasteiger charge is -2.12. The van der Waals surface area contributed by atoms with Gasteiger partial charge in [0.2, 0.25) is 0 Å². The first-order valence-corrected chi connectivity index (χ1v) is 6.05. The Morgan fingerprint density at radius 3 is 2.72 bits per heavy atom. The predicted molar refractivity (Wildman–Crippen MR) is 74.5 cm³/mol. The largest absolute Gasteiger partial charge is 0.352 e. The molecule has 0 fully saturated rings. The third-order valence-corrected chi connectivity index (χ3v) is 2.64. The second-order valence-electron chi connectivity index (χ2n) is 4.61. The lowest BCUT2D eigenvalue weighted by atomic mass is 10.1. The van der Waals surface area contributed by atoms with Gasteiger partial charge in [-0.3, -0.25) is 10.6 Å². The summed E-state index contributed by atoms with van der Waals surface area (Å²) in [5.41, 5.74) is 4.85. The van der Waals surface area contributed by atoms with E-state index in [2.05, 4.69) is 15.6 Å². The van der Waals surface area contributed by atoms with Crippen LogP contribution in [-0.2, 0) is 0 Å². The summed E-state index contributed by atoms with van der Waals surface area (Å²) in [5, 5.41) is 2.89. The van der Waals surface area contributed by atoms with Gasteiger partial charge in [0, 0.05) is 6.54 Å². The number of aryl methyl sites for hydroxylation is 1. The average molecular weight is 250 g/mol. The first-order chi connectivity index (χ1) is 8.54. The topological polar surface area (TPSA) is 70.4 Å². The van der Waals surface area contributed by atoms with Crippen LogP contribution in [0.5, 0.6) is 0 Å². The van der Waals surface area contributed by atoms with Crippen molar-refractivity contribution in [3.63, 3.8) is 0 Å². The Hall–Kier alpha value is -1.59. The summed E-state index contributed by atoms with van der Waals surface area (Å²) in [4.78, 5) is 14.0. The van der Waals surface area contributed by atoms with Crippen LogP contribution < -0.4 is 16.6 Å². The van der Waals surface area contributed by atoms with E-state index in [0.717, 1.165) is 18.5 Å². The quantitative estimate of drug-likeness (QED) is 0.399. The van der Waals surface area contributed by atoms with E-state index in [0.29, 0.717) is 17.8 Å². The highest BCUT2D eigenvalue weighted by atomic mass is 16.1. The Bertz CT molecular complexity index is 404. The third-order valence-electron chi connectivity index (χ3n) is 2.64. The van der Waals surface area contributed by atoms with Crippen molar-refractivity contribution in [2.24, 2.45) is 5.84 Å². The number of amides is 1. The zero-order valence-corrected chi connectivity index (χ0v) is 11.3. The number of benzene rings is 1. The molecule has 0 spiro atoms. The molecule has 1 aromatic carbocycles. The Balaban J connectivity index is 2.56. The Kier molecular flexibility index (Phi) is 5.61. The molecule has 0 heterocycles. The summed E-state index contributed by atoms with van der Waals surface area (Å²) in [7, 11) is 4.02. The van der Waals surface area contributed by atoms with E-state index in [-0.39, 0.29) is 5.91 Å². The first kappa shape index (κ1) is 14.5. The summed E-state index contributed by atoms with van der Waals surface area (Å²) < 4.78 is 0. The van der Waals surface area contributed by atoms with Gasteiger partial charge in [-0.15, -0.1) is 0 Å². The SMILES string of the molecule is Cc1ccc(C(=O)NCCCN(C)C)c(NN)c1. The zero-order chi connectivity index (χ0) is 13.5. The Morgan fingerprint density at radius 2 is 2.11 bits per heavy atom. The van der Waals surface area contributed by atoms with Crippen LogP contribution in [0.15, 0.2) is 18.2 Å². The van der Waals surface area contributed by atoms with Crippen LogP contribution in [0.4, 0.5) is 5.69 Å². The molecule has 4 N–H and O–H groups in total. The summed E-state index contributed by atoms with van der Waals surface area (Å²) in [5.74, 6) is 5.32. The van der Waals surface area contributed by atoms with Crippen LogP contribution in [0.2, 0.25) is 0 Å². The highest BCUT2D eigenvalue weighted by Crippen LogP contribution is 2.16. The van der Waals surface area contributed by atoms with Gasteiger partial charge < -0.3 is 15.6 Å². The maximum absolute atomic E-state index is 12.0. The fourth-order valence-electron chi connectivity index (χ4n) is 1.67. The van der Waals surface area contributed by atoms with Crippen molar-refractivity contribution in [2.45, 2.75) is 13.3 Å². The van der Waals surface area contributed by atoms with E-state index >= 15 is 0 Å². The molecule has 0 aliphatic rings. The van der Waals surface area contributed by atoms with Crippen LogP contribution in [0.3, 0.4) is 0 Å². The van der Waals surface area contributed by atoms with Gasteiger partial charge in [0.25, 0.3) is 5.91 Å². The highest BCUT2D eigenvalue weighted by molar-refractivity contribution is 5.99. The van der Waals surface area contributed by atoms with E-state index in [1.165, 1.54) is 0 Å². The molecule has 0 radical (unpaired) electrons. The molecule has 5 heteroatoms. The van der Waals surface area contributed by atoms with Crippen LogP contribution in [-0.4, -0.2) is 38.0 Å². The van der Waals surface area contributed by atoms with Crippen LogP contribution in [0.1, 0.15) is 22.3 Å². The monoisotopic (exact) mass is 250 g/mol. The first-order valence-electron chi connectivity index (χ1n) is 6.05. The summed E-state index contributed by atoms with van der Waals surface area (Å²) in [6.07, 6.45) is 0.927. The number of hydrazine groups is 1. The number of rotatable bonds is 6. The molecule has 1 rings (SSSR count). The van der Waals surface area contributed by atoms with E-state index in [1.807, 2.05) is 33.2 Å². The molecular formula is C13H22N4O. The van der Waals surface area contributed by atoms with Crippen molar-refractivity contribution < 1.29 is 4.79 Å². The van der Waals surface area contributed by atoms with Crippen LogP contribution in [0, 0.1) is 6.92 Å². The Morgan fingerprint density at radius 1 is 1.39 bits per heavy atom. The van der Waals surface area contributed by atoms with Gasteiger partial charge in [0.1, 0.15) is 0 Å². The number of carbonyl (C=O) groups excluding carboxylic acids is 1. The molecule has 0 aliphatic carbocycles. The molecule has 1 aromatic rings. The molecule has 0 aliphatic heterocycles. The maximum Gasteiger partial charge on any atom is 0.253 e. The fraction of sp³-hybridized carbons (Fsp3) is 0.462. The molecule has 1 amide bonds. The Labute approximate surface area is 108 Å². The molecular weight excluding hydrogens is 228 g/mol.